The highest BCUT2D eigenvalue weighted by Gasteiger charge is 2.16. The van der Waals surface area contributed by atoms with E-state index < -0.39 is 22.6 Å². The second-order valence-electron chi connectivity index (χ2n) is 3.82. The zero-order valence-corrected chi connectivity index (χ0v) is 11.1. The van der Waals surface area contributed by atoms with Crippen LogP contribution in [0.4, 0.5) is 9.39 Å². The molecule has 21 heavy (non-hydrogen) atoms. The third kappa shape index (κ3) is 3.39. The van der Waals surface area contributed by atoms with E-state index in [-0.39, 0.29) is 16.1 Å². The molecule has 0 aliphatic rings. The topological polar surface area (TPSA) is 101 Å². The minimum atomic E-state index is -0.828. The Labute approximate surface area is 121 Å². The van der Waals surface area contributed by atoms with Crippen LogP contribution in [0.3, 0.4) is 0 Å². The first kappa shape index (κ1) is 14.6. The Hall–Kier alpha value is -2.81. The molecule has 0 atom stereocenters. The van der Waals surface area contributed by atoms with E-state index >= 15 is 0 Å². The van der Waals surface area contributed by atoms with Gasteiger partial charge >= 0.3 is 5.00 Å². The van der Waals surface area contributed by atoms with Gasteiger partial charge in [0.05, 0.1) is 16.1 Å². The predicted molar refractivity (Wildman–Crippen MR) is 72.3 cm³/mol. The molecule has 0 fully saturated rings. The van der Waals surface area contributed by atoms with Gasteiger partial charge in [0.2, 0.25) is 0 Å². The van der Waals surface area contributed by atoms with E-state index in [9.17, 15) is 24.1 Å². The van der Waals surface area contributed by atoms with Gasteiger partial charge in [-0.2, -0.15) is 0 Å². The molecule has 0 saturated carbocycles. The Bertz CT molecular complexity index is 716. The summed E-state index contributed by atoms with van der Waals surface area (Å²) in [6, 6.07) is 6.34. The van der Waals surface area contributed by atoms with Crippen LogP contribution in [0, 0.1) is 15.9 Å². The molecule has 1 aromatic carbocycles. The number of halogens is 1. The van der Waals surface area contributed by atoms with Crippen molar-refractivity contribution >= 4 is 28.2 Å². The first-order valence-electron chi connectivity index (χ1n) is 5.57. The molecule has 1 aromatic heterocycles. The maximum Gasteiger partial charge on any atom is 0.324 e. The summed E-state index contributed by atoms with van der Waals surface area (Å²) in [7, 11) is 0. The van der Waals surface area contributed by atoms with Crippen molar-refractivity contribution in [3.8, 4) is 0 Å². The van der Waals surface area contributed by atoms with Crippen LogP contribution in [0.25, 0.3) is 0 Å². The molecule has 0 spiro atoms. The summed E-state index contributed by atoms with van der Waals surface area (Å²) < 4.78 is 13.3. The molecule has 9 heteroatoms. The lowest BCUT2D eigenvalue weighted by Gasteiger charge is -2.06. The van der Waals surface area contributed by atoms with Gasteiger partial charge in [0.1, 0.15) is 5.82 Å². The number of rotatable bonds is 3. The molecule has 2 N–H and O–H groups in total. The number of hydrogen-bond acceptors (Lipinski definition) is 5. The van der Waals surface area contributed by atoms with E-state index in [1.165, 1.54) is 23.6 Å². The van der Waals surface area contributed by atoms with Crippen molar-refractivity contribution in [2.45, 2.75) is 0 Å². The molecule has 0 bridgehead atoms. The number of benzene rings is 1. The Kier molecular flexibility index (Phi) is 4.24. The van der Waals surface area contributed by atoms with Crippen LogP contribution in [0.15, 0.2) is 35.7 Å². The summed E-state index contributed by atoms with van der Waals surface area (Å²) in [4.78, 5) is 33.2. The average molecular weight is 309 g/mol. The number of nitrogens with zero attached hydrogens (tertiary/aromatic N) is 1. The molecule has 0 aliphatic heterocycles. The van der Waals surface area contributed by atoms with Crippen LogP contribution in [-0.4, -0.2) is 16.7 Å². The molecule has 1 heterocycles. The van der Waals surface area contributed by atoms with Gasteiger partial charge in [-0.3, -0.25) is 30.6 Å². The Balaban J connectivity index is 1.99. The fourth-order valence-electron chi connectivity index (χ4n) is 1.44. The van der Waals surface area contributed by atoms with E-state index in [0.717, 1.165) is 23.5 Å². The summed E-state index contributed by atoms with van der Waals surface area (Å²) >= 11 is 0.786. The fourth-order valence-corrected chi connectivity index (χ4v) is 2.14. The number of hydrogen-bond donors (Lipinski definition) is 2. The number of nitro groups is 1. The standard InChI is InChI=1S/C12H8FN3O4S/c13-9-4-2-1-3-8(9)12(18)15-14-11(17)7-5-10(16(19)20)21-6-7/h1-6H,(H,14,17)(H,15,18). The smallest absolute Gasteiger partial charge is 0.267 e. The van der Waals surface area contributed by atoms with Crippen molar-refractivity contribution in [3.63, 3.8) is 0 Å². The molecular formula is C12H8FN3O4S. The summed E-state index contributed by atoms with van der Waals surface area (Å²) in [5.41, 5.74) is 3.89. The van der Waals surface area contributed by atoms with Gasteiger partial charge in [0, 0.05) is 11.4 Å². The first-order chi connectivity index (χ1) is 9.99. The van der Waals surface area contributed by atoms with Crippen LogP contribution in [-0.2, 0) is 0 Å². The highest BCUT2D eigenvalue weighted by molar-refractivity contribution is 7.13. The third-order valence-electron chi connectivity index (χ3n) is 2.44. The number of hydrazine groups is 1. The average Bonchev–Trinajstić information content (AvgIpc) is 2.95. The number of amides is 2. The Morgan fingerprint density at radius 1 is 1.19 bits per heavy atom. The highest BCUT2D eigenvalue weighted by Crippen LogP contribution is 2.22. The fraction of sp³-hybridized carbons (Fsp3) is 0. The maximum absolute atomic E-state index is 13.3. The quantitative estimate of drug-likeness (QED) is 0.667. The largest absolute Gasteiger partial charge is 0.324 e. The number of carbonyl (C=O) groups is 2. The lowest BCUT2D eigenvalue weighted by molar-refractivity contribution is -0.380. The van der Waals surface area contributed by atoms with E-state index in [0.29, 0.717) is 0 Å². The van der Waals surface area contributed by atoms with Crippen molar-refractivity contribution in [2.24, 2.45) is 0 Å². The second kappa shape index (κ2) is 6.09. The number of nitrogens with one attached hydrogen (secondary N) is 2. The van der Waals surface area contributed by atoms with Crippen molar-refractivity contribution in [2.75, 3.05) is 0 Å². The lowest BCUT2D eigenvalue weighted by Crippen LogP contribution is -2.41. The number of thiophene rings is 1. The molecular weight excluding hydrogens is 301 g/mol. The zero-order chi connectivity index (χ0) is 15.4. The van der Waals surface area contributed by atoms with Crippen molar-refractivity contribution in [3.05, 3.63) is 62.8 Å². The second-order valence-corrected chi connectivity index (χ2v) is 4.71. The summed E-state index contributed by atoms with van der Waals surface area (Å²) in [6.07, 6.45) is 0. The highest BCUT2D eigenvalue weighted by atomic mass is 32.1. The van der Waals surface area contributed by atoms with Crippen LogP contribution >= 0.6 is 11.3 Å². The Morgan fingerprint density at radius 2 is 1.86 bits per heavy atom. The molecule has 0 radical (unpaired) electrons. The third-order valence-corrected chi connectivity index (χ3v) is 3.32. The minimum absolute atomic E-state index is 0.0283. The van der Waals surface area contributed by atoms with E-state index in [2.05, 4.69) is 5.43 Å². The molecule has 2 rings (SSSR count). The monoisotopic (exact) mass is 309 g/mol. The molecule has 2 aromatic rings. The maximum atomic E-state index is 13.3. The molecule has 0 unspecified atom stereocenters. The van der Waals surface area contributed by atoms with E-state index in [4.69, 9.17) is 0 Å². The SMILES string of the molecule is O=C(NNC(=O)c1ccccc1F)c1csc([N+](=O)[O-])c1. The lowest BCUT2D eigenvalue weighted by atomic mass is 10.2. The normalized spacial score (nSPS) is 9.95. The summed E-state index contributed by atoms with van der Waals surface area (Å²) in [5, 5.41) is 11.6. The van der Waals surface area contributed by atoms with Gasteiger partial charge in [-0.1, -0.05) is 23.5 Å². The van der Waals surface area contributed by atoms with Crippen molar-refractivity contribution < 1.29 is 18.9 Å². The van der Waals surface area contributed by atoms with Crippen LogP contribution in [0.2, 0.25) is 0 Å². The molecule has 0 saturated heterocycles. The van der Waals surface area contributed by atoms with Crippen molar-refractivity contribution in [1.29, 1.82) is 0 Å². The molecule has 108 valence electrons. The predicted octanol–water partition coefficient (Wildman–Crippen LogP) is 1.87. The van der Waals surface area contributed by atoms with Gasteiger partial charge in [-0.15, -0.1) is 0 Å². The first-order valence-corrected chi connectivity index (χ1v) is 6.45. The van der Waals surface area contributed by atoms with Crippen LogP contribution < -0.4 is 10.9 Å². The Morgan fingerprint density at radius 3 is 2.48 bits per heavy atom. The molecule has 2 amide bonds. The molecule has 0 aliphatic carbocycles. The van der Waals surface area contributed by atoms with Gasteiger partial charge in [0.15, 0.2) is 0 Å². The van der Waals surface area contributed by atoms with Crippen LogP contribution in [0.1, 0.15) is 20.7 Å². The summed E-state index contributed by atoms with van der Waals surface area (Å²) in [6.45, 7) is 0. The molecule has 7 nitrogen and oxygen atoms in total. The number of carbonyl (C=O) groups excluding carboxylic acids is 2. The van der Waals surface area contributed by atoms with Crippen LogP contribution in [0.5, 0.6) is 0 Å². The van der Waals surface area contributed by atoms with E-state index in [1.807, 2.05) is 5.43 Å². The van der Waals surface area contributed by atoms with Gasteiger partial charge in [-0.05, 0) is 12.1 Å². The van der Waals surface area contributed by atoms with Gasteiger partial charge in [0.25, 0.3) is 11.8 Å². The van der Waals surface area contributed by atoms with Gasteiger partial charge < -0.3 is 0 Å². The minimum Gasteiger partial charge on any atom is -0.267 e. The van der Waals surface area contributed by atoms with E-state index in [1.54, 1.807) is 0 Å². The summed E-state index contributed by atoms with van der Waals surface area (Å²) in [5.74, 6) is -2.29. The van der Waals surface area contributed by atoms with Gasteiger partial charge in [-0.25, -0.2) is 4.39 Å². The zero-order valence-electron chi connectivity index (χ0n) is 10.3. The van der Waals surface area contributed by atoms with Crippen molar-refractivity contribution in [1.82, 2.24) is 10.9 Å².